The van der Waals surface area contributed by atoms with Crippen LogP contribution in [0.3, 0.4) is 0 Å². The fourth-order valence-electron chi connectivity index (χ4n) is 4.90. The van der Waals surface area contributed by atoms with Crippen molar-refractivity contribution in [3.63, 3.8) is 0 Å². The van der Waals surface area contributed by atoms with Gasteiger partial charge in [0.15, 0.2) is 0 Å². The highest BCUT2D eigenvalue weighted by Gasteiger charge is 2.47. The highest BCUT2D eigenvalue weighted by atomic mass is 16.5. The molecule has 1 aliphatic heterocycles. The first-order valence-electron chi connectivity index (χ1n) is 12.9. The number of ether oxygens (including phenoxy) is 3. The van der Waals surface area contributed by atoms with Crippen molar-refractivity contribution in [2.75, 3.05) is 45.2 Å². The van der Waals surface area contributed by atoms with Gasteiger partial charge in [0.2, 0.25) is 0 Å². The van der Waals surface area contributed by atoms with E-state index in [-0.39, 0.29) is 16.7 Å². The Morgan fingerprint density at radius 3 is 1.95 bits per heavy atom. The molecule has 1 aliphatic rings. The molecule has 1 saturated heterocycles. The number of carbonyl (C=O) groups is 2. The first-order valence-corrected chi connectivity index (χ1v) is 12.9. The van der Waals surface area contributed by atoms with Crippen LogP contribution in [0.25, 0.3) is 5.76 Å². The molecule has 3 aromatic rings. The van der Waals surface area contributed by atoms with E-state index in [2.05, 4.69) is 0 Å². The Kier molecular flexibility index (Phi) is 7.82. The number of aliphatic hydroxyl groups excluding tert-OH is 1. The van der Waals surface area contributed by atoms with Crippen molar-refractivity contribution in [2.45, 2.75) is 32.2 Å². The second-order valence-corrected chi connectivity index (χ2v) is 10.9. The average molecular weight is 545 g/mol. The fraction of sp³-hybridized carbons (Fsp3) is 0.312. The summed E-state index contributed by atoms with van der Waals surface area (Å²) >= 11 is 0. The Morgan fingerprint density at radius 1 is 0.850 bits per heavy atom. The van der Waals surface area contributed by atoms with Crippen LogP contribution in [-0.4, -0.2) is 52.2 Å². The third-order valence-electron chi connectivity index (χ3n) is 7.06. The summed E-state index contributed by atoms with van der Waals surface area (Å²) in [4.78, 5) is 30.7. The van der Waals surface area contributed by atoms with E-state index in [1.807, 2.05) is 70.1 Å². The standard InChI is InChI=1S/C32H36N2O6/c1-32(2,3)25-15-20(11-14-26(25)40-8)29(35)27-28(19-9-12-21(13-10-19)33(4)5)34(31(37)30(27)36)22-16-23(38-6)18-24(17-22)39-7/h9-18,28,35H,1-8H3/b29-27-. The number of rotatable bonds is 7. The molecule has 210 valence electrons. The van der Waals surface area contributed by atoms with Crippen molar-refractivity contribution in [1.82, 2.24) is 0 Å². The highest BCUT2D eigenvalue weighted by Crippen LogP contribution is 2.45. The van der Waals surface area contributed by atoms with Crippen LogP contribution >= 0.6 is 0 Å². The van der Waals surface area contributed by atoms with E-state index in [1.165, 1.54) is 19.1 Å². The van der Waals surface area contributed by atoms with E-state index in [0.29, 0.717) is 34.1 Å². The Hall–Kier alpha value is -4.46. The summed E-state index contributed by atoms with van der Waals surface area (Å²) in [6.45, 7) is 6.11. The summed E-state index contributed by atoms with van der Waals surface area (Å²) < 4.78 is 16.4. The third kappa shape index (κ3) is 5.21. The van der Waals surface area contributed by atoms with Gasteiger partial charge in [0.05, 0.1) is 38.6 Å². The van der Waals surface area contributed by atoms with Crippen molar-refractivity contribution < 1.29 is 28.9 Å². The van der Waals surface area contributed by atoms with E-state index < -0.39 is 17.7 Å². The molecule has 1 atom stereocenters. The van der Waals surface area contributed by atoms with Gasteiger partial charge in [0.25, 0.3) is 11.7 Å². The van der Waals surface area contributed by atoms with E-state index in [0.717, 1.165) is 11.3 Å². The van der Waals surface area contributed by atoms with Crippen molar-refractivity contribution in [3.05, 3.63) is 82.9 Å². The zero-order valence-corrected chi connectivity index (χ0v) is 24.2. The minimum absolute atomic E-state index is 0.00517. The Balaban J connectivity index is 1.98. The Bertz CT molecular complexity index is 1450. The summed E-state index contributed by atoms with van der Waals surface area (Å²) in [6, 6.07) is 16.9. The predicted molar refractivity (Wildman–Crippen MR) is 157 cm³/mol. The molecule has 0 aliphatic carbocycles. The highest BCUT2D eigenvalue weighted by molar-refractivity contribution is 6.51. The second-order valence-electron chi connectivity index (χ2n) is 10.9. The quantitative estimate of drug-likeness (QED) is 0.232. The van der Waals surface area contributed by atoms with E-state index in [9.17, 15) is 14.7 Å². The number of anilines is 2. The number of carbonyl (C=O) groups excluding carboxylic acids is 2. The number of ketones is 1. The molecule has 1 N–H and O–H groups in total. The van der Waals surface area contributed by atoms with Crippen LogP contribution < -0.4 is 24.0 Å². The number of benzene rings is 3. The van der Waals surface area contributed by atoms with Gasteiger partial charge in [-0.3, -0.25) is 14.5 Å². The lowest BCUT2D eigenvalue weighted by Crippen LogP contribution is -2.29. The number of Topliss-reactive ketones (excluding diaryl/α,β-unsaturated/α-hetero) is 1. The number of hydrogen-bond donors (Lipinski definition) is 1. The molecule has 3 aromatic carbocycles. The number of methoxy groups -OCH3 is 3. The Morgan fingerprint density at radius 2 is 1.45 bits per heavy atom. The van der Waals surface area contributed by atoms with Crippen LogP contribution in [0.5, 0.6) is 17.2 Å². The number of nitrogens with zero attached hydrogens (tertiary/aromatic N) is 2. The molecule has 8 nitrogen and oxygen atoms in total. The SMILES string of the molecule is COc1cc(OC)cc(N2C(=O)C(=O)/C(=C(\O)c3ccc(OC)c(C(C)(C)C)c3)C2c2ccc(N(C)C)cc2)c1. The predicted octanol–water partition coefficient (Wildman–Crippen LogP) is 5.70. The molecule has 1 amide bonds. The first-order chi connectivity index (χ1) is 18.9. The van der Waals surface area contributed by atoms with Crippen molar-refractivity contribution in [2.24, 2.45) is 0 Å². The molecular weight excluding hydrogens is 508 g/mol. The number of aliphatic hydroxyl groups is 1. The maximum absolute atomic E-state index is 13.7. The summed E-state index contributed by atoms with van der Waals surface area (Å²) in [6.07, 6.45) is 0. The van der Waals surface area contributed by atoms with Crippen LogP contribution in [0.2, 0.25) is 0 Å². The van der Waals surface area contributed by atoms with Gasteiger partial charge in [0.1, 0.15) is 23.0 Å². The lowest BCUT2D eigenvalue weighted by molar-refractivity contribution is -0.132. The maximum atomic E-state index is 13.7. The molecule has 1 unspecified atom stereocenters. The molecule has 0 saturated carbocycles. The maximum Gasteiger partial charge on any atom is 0.300 e. The molecule has 0 bridgehead atoms. The van der Waals surface area contributed by atoms with Gasteiger partial charge in [-0.15, -0.1) is 0 Å². The molecule has 1 fully saturated rings. The number of hydrogen-bond acceptors (Lipinski definition) is 7. The molecule has 0 radical (unpaired) electrons. The largest absolute Gasteiger partial charge is 0.507 e. The van der Waals surface area contributed by atoms with Gasteiger partial charge in [-0.25, -0.2) is 0 Å². The van der Waals surface area contributed by atoms with E-state index in [4.69, 9.17) is 14.2 Å². The monoisotopic (exact) mass is 544 g/mol. The zero-order chi connectivity index (χ0) is 29.4. The van der Waals surface area contributed by atoms with E-state index in [1.54, 1.807) is 37.4 Å². The molecule has 0 spiro atoms. The average Bonchev–Trinajstić information content (AvgIpc) is 3.21. The molecule has 8 heteroatoms. The molecular formula is C32H36N2O6. The van der Waals surface area contributed by atoms with Crippen LogP contribution in [0.1, 0.15) is 43.5 Å². The van der Waals surface area contributed by atoms with Crippen molar-refractivity contribution >= 4 is 28.8 Å². The van der Waals surface area contributed by atoms with Gasteiger partial charge in [-0.2, -0.15) is 0 Å². The summed E-state index contributed by atoms with van der Waals surface area (Å²) in [5.74, 6) is -0.211. The number of amides is 1. The summed E-state index contributed by atoms with van der Waals surface area (Å²) in [5, 5.41) is 11.7. The second kappa shape index (κ2) is 11.0. The van der Waals surface area contributed by atoms with Gasteiger partial charge in [0, 0.05) is 49.1 Å². The Labute approximate surface area is 235 Å². The molecule has 1 heterocycles. The van der Waals surface area contributed by atoms with Crippen molar-refractivity contribution in [3.8, 4) is 17.2 Å². The van der Waals surface area contributed by atoms with Gasteiger partial charge in [-0.05, 0) is 41.3 Å². The molecule has 0 aromatic heterocycles. The van der Waals surface area contributed by atoms with Crippen LogP contribution in [0, 0.1) is 0 Å². The lowest BCUT2D eigenvalue weighted by Gasteiger charge is -2.27. The van der Waals surface area contributed by atoms with Gasteiger partial charge in [-0.1, -0.05) is 32.9 Å². The lowest BCUT2D eigenvalue weighted by atomic mass is 9.84. The van der Waals surface area contributed by atoms with Crippen LogP contribution in [0.15, 0.2) is 66.2 Å². The van der Waals surface area contributed by atoms with Crippen LogP contribution in [0.4, 0.5) is 11.4 Å². The van der Waals surface area contributed by atoms with Crippen molar-refractivity contribution in [1.29, 1.82) is 0 Å². The third-order valence-corrected chi connectivity index (χ3v) is 7.06. The minimum atomic E-state index is -0.895. The van der Waals surface area contributed by atoms with Crippen LogP contribution in [-0.2, 0) is 15.0 Å². The minimum Gasteiger partial charge on any atom is -0.507 e. The molecule has 40 heavy (non-hydrogen) atoms. The smallest absolute Gasteiger partial charge is 0.300 e. The van der Waals surface area contributed by atoms with Gasteiger partial charge >= 0.3 is 0 Å². The first kappa shape index (κ1) is 28.5. The fourth-order valence-corrected chi connectivity index (χ4v) is 4.90. The topological polar surface area (TPSA) is 88.5 Å². The molecule has 4 rings (SSSR count). The van der Waals surface area contributed by atoms with Gasteiger partial charge < -0.3 is 24.2 Å². The summed E-state index contributed by atoms with van der Waals surface area (Å²) in [7, 11) is 8.48. The zero-order valence-electron chi connectivity index (χ0n) is 24.2. The normalized spacial score (nSPS) is 16.7. The van der Waals surface area contributed by atoms with E-state index >= 15 is 0 Å². The summed E-state index contributed by atoms with van der Waals surface area (Å²) in [5.41, 5.74) is 3.00.